The predicted octanol–water partition coefficient (Wildman–Crippen LogP) is 2.01. The van der Waals surface area contributed by atoms with Crippen molar-refractivity contribution in [2.24, 2.45) is 0 Å². The van der Waals surface area contributed by atoms with E-state index < -0.39 is 17.9 Å². The Bertz CT molecular complexity index is 553. The number of benzene rings is 1. The molecule has 1 aliphatic rings. The van der Waals surface area contributed by atoms with Gasteiger partial charge in [-0.1, -0.05) is 6.07 Å². The zero-order chi connectivity index (χ0) is 15.4. The van der Waals surface area contributed by atoms with Gasteiger partial charge in [-0.2, -0.15) is 11.8 Å². The minimum absolute atomic E-state index is 0.0569. The van der Waals surface area contributed by atoms with E-state index in [0.29, 0.717) is 12.0 Å². The van der Waals surface area contributed by atoms with Crippen molar-refractivity contribution in [2.75, 3.05) is 19.1 Å². The number of thioether (sulfide) groups is 1. The third kappa shape index (κ3) is 3.47. The Balaban J connectivity index is 2.07. The van der Waals surface area contributed by atoms with Gasteiger partial charge in [0.25, 0.3) is 5.91 Å². The van der Waals surface area contributed by atoms with Gasteiger partial charge in [0.15, 0.2) is 11.6 Å². The number of rotatable bonds is 6. The first-order valence-corrected chi connectivity index (χ1v) is 7.89. The molecule has 1 aromatic carbocycles. The van der Waals surface area contributed by atoms with Crippen LogP contribution in [0.5, 0.6) is 5.75 Å². The molecule has 1 atom stereocenters. The first-order chi connectivity index (χ1) is 10.1. The van der Waals surface area contributed by atoms with Gasteiger partial charge in [0.1, 0.15) is 6.04 Å². The van der Waals surface area contributed by atoms with Crippen LogP contribution in [0.25, 0.3) is 0 Å². The van der Waals surface area contributed by atoms with Crippen molar-refractivity contribution in [1.29, 1.82) is 0 Å². The highest BCUT2D eigenvalue weighted by Gasteiger charge is 2.37. The molecule has 1 heterocycles. The maximum Gasteiger partial charge on any atom is 0.325 e. The quantitative estimate of drug-likeness (QED) is 0.816. The molecule has 0 bridgehead atoms. The lowest BCUT2D eigenvalue weighted by Gasteiger charge is -2.13. The summed E-state index contributed by atoms with van der Waals surface area (Å²) in [4.78, 5) is 25.1. The van der Waals surface area contributed by atoms with E-state index in [2.05, 4.69) is 5.32 Å². The summed E-state index contributed by atoms with van der Waals surface area (Å²) in [6.45, 7) is 0.0569. The second kappa shape index (κ2) is 6.80. The molecular weight excluding hydrogens is 295 g/mol. The van der Waals surface area contributed by atoms with Gasteiger partial charge in [-0.05, 0) is 36.1 Å². The molecule has 114 valence electrons. The lowest BCUT2D eigenvalue weighted by Crippen LogP contribution is -2.31. The molecule has 0 spiro atoms. The van der Waals surface area contributed by atoms with Crippen molar-refractivity contribution in [3.63, 3.8) is 0 Å². The number of urea groups is 1. The lowest BCUT2D eigenvalue weighted by molar-refractivity contribution is -0.127. The fraction of sp³-hybridized carbons (Fsp3) is 0.429. The Morgan fingerprint density at radius 3 is 2.81 bits per heavy atom. The fourth-order valence-electron chi connectivity index (χ4n) is 2.15. The number of ether oxygens (including phenoxy) is 1. The van der Waals surface area contributed by atoms with Gasteiger partial charge in [0.05, 0.1) is 13.7 Å². The Hall–Kier alpha value is -1.76. The zero-order valence-corrected chi connectivity index (χ0v) is 12.7. The zero-order valence-electron chi connectivity index (χ0n) is 11.9. The standard InChI is InChI=1S/C14H17FN2O3S/c1-20-12-4-3-9(7-10(12)15)8-17-13(18)11(5-6-21-2)16-14(17)19/h3-4,7,11H,5-6,8H2,1-2H3,(H,16,19). The Labute approximate surface area is 126 Å². The molecule has 21 heavy (non-hydrogen) atoms. The predicted molar refractivity (Wildman–Crippen MR) is 78.8 cm³/mol. The molecule has 0 saturated carbocycles. The van der Waals surface area contributed by atoms with E-state index in [9.17, 15) is 14.0 Å². The molecule has 1 aliphatic heterocycles. The number of hydrogen-bond acceptors (Lipinski definition) is 4. The fourth-order valence-corrected chi connectivity index (χ4v) is 2.62. The molecule has 1 unspecified atom stereocenters. The van der Waals surface area contributed by atoms with E-state index in [1.807, 2.05) is 6.26 Å². The number of imide groups is 1. The molecule has 1 fully saturated rings. The highest BCUT2D eigenvalue weighted by Crippen LogP contribution is 2.20. The number of amides is 3. The van der Waals surface area contributed by atoms with Crippen LogP contribution in [0, 0.1) is 5.82 Å². The van der Waals surface area contributed by atoms with Gasteiger partial charge < -0.3 is 10.1 Å². The number of halogens is 1. The first kappa shape index (κ1) is 15.6. The summed E-state index contributed by atoms with van der Waals surface area (Å²) >= 11 is 1.62. The number of nitrogens with zero attached hydrogens (tertiary/aromatic N) is 1. The molecule has 3 amide bonds. The highest BCUT2D eigenvalue weighted by molar-refractivity contribution is 7.98. The number of methoxy groups -OCH3 is 1. The van der Waals surface area contributed by atoms with E-state index in [1.165, 1.54) is 19.2 Å². The van der Waals surface area contributed by atoms with Gasteiger partial charge in [0.2, 0.25) is 0 Å². The van der Waals surface area contributed by atoms with Crippen LogP contribution in [0.4, 0.5) is 9.18 Å². The molecule has 7 heteroatoms. The van der Waals surface area contributed by atoms with Crippen LogP contribution in [-0.2, 0) is 11.3 Å². The van der Waals surface area contributed by atoms with E-state index >= 15 is 0 Å². The van der Waals surface area contributed by atoms with Crippen molar-refractivity contribution in [3.05, 3.63) is 29.6 Å². The molecule has 0 aliphatic carbocycles. The summed E-state index contributed by atoms with van der Waals surface area (Å²) in [7, 11) is 1.38. The van der Waals surface area contributed by atoms with Crippen molar-refractivity contribution in [2.45, 2.75) is 19.0 Å². The van der Waals surface area contributed by atoms with Crippen LogP contribution >= 0.6 is 11.8 Å². The van der Waals surface area contributed by atoms with Gasteiger partial charge in [-0.3, -0.25) is 9.69 Å². The molecular formula is C14H17FN2O3S. The third-order valence-corrected chi connectivity index (χ3v) is 3.92. The second-order valence-electron chi connectivity index (χ2n) is 4.68. The van der Waals surface area contributed by atoms with E-state index in [-0.39, 0.29) is 18.2 Å². The average molecular weight is 312 g/mol. The summed E-state index contributed by atoms with van der Waals surface area (Å²) in [5, 5.41) is 2.65. The lowest BCUT2D eigenvalue weighted by atomic mass is 10.2. The van der Waals surface area contributed by atoms with Gasteiger partial charge in [0, 0.05) is 0 Å². The first-order valence-electron chi connectivity index (χ1n) is 6.50. The Morgan fingerprint density at radius 1 is 1.43 bits per heavy atom. The number of hydrogen-bond donors (Lipinski definition) is 1. The summed E-state index contributed by atoms with van der Waals surface area (Å²) in [5.41, 5.74) is 0.544. The van der Waals surface area contributed by atoms with Crippen molar-refractivity contribution < 1.29 is 18.7 Å². The summed E-state index contributed by atoms with van der Waals surface area (Å²) in [5.74, 6) is 0.155. The van der Waals surface area contributed by atoms with E-state index in [4.69, 9.17) is 4.74 Å². The van der Waals surface area contributed by atoms with Crippen LogP contribution < -0.4 is 10.1 Å². The topological polar surface area (TPSA) is 58.6 Å². The van der Waals surface area contributed by atoms with Gasteiger partial charge >= 0.3 is 6.03 Å². The molecule has 1 saturated heterocycles. The summed E-state index contributed by atoms with van der Waals surface area (Å²) in [6, 6.07) is 3.48. The average Bonchev–Trinajstić information content (AvgIpc) is 2.73. The maximum absolute atomic E-state index is 13.6. The Morgan fingerprint density at radius 2 is 2.19 bits per heavy atom. The molecule has 5 nitrogen and oxygen atoms in total. The van der Waals surface area contributed by atoms with Crippen molar-refractivity contribution in [3.8, 4) is 5.75 Å². The SMILES string of the molecule is COc1ccc(CN2C(=O)NC(CCSC)C2=O)cc1F. The molecule has 1 N–H and O–H groups in total. The Kier molecular flexibility index (Phi) is 5.06. The van der Waals surface area contributed by atoms with Crippen LogP contribution in [0.1, 0.15) is 12.0 Å². The summed E-state index contributed by atoms with van der Waals surface area (Å²) in [6.07, 6.45) is 2.54. The van der Waals surface area contributed by atoms with Crippen LogP contribution in [0.3, 0.4) is 0 Å². The summed E-state index contributed by atoms with van der Waals surface area (Å²) < 4.78 is 18.5. The maximum atomic E-state index is 13.6. The van der Waals surface area contributed by atoms with Gasteiger partial charge in [-0.25, -0.2) is 9.18 Å². The minimum Gasteiger partial charge on any atom is -0.494 e. The molecule has 0 radical (unpaired) electrons. The smallest absolute Gasteiger partial charge is 0.325 e. The third-order valence-electron chi connectivity index (χ3n) is 3.27. The van der Waals surface area contributed by atoms with Crippen molar-refractivity contribution >= 4 is 23.7 Å². The largest absolute Gasteiger partial charge is 0.494 e. The van der Waals surface area contributed by atoms with E-state index in [0.717, 1.165) is 10.7 Å². The number of nitrogens with one attached hydrogen (secondary N) is 1. The van der Waals surface area contributed by atoms with Crippen molar-refractivity contribution in [1.82, 2.24) is 10.2 Å². The molecule has 0 aromatic heterocycles. The second-order valence-corrected chi connectivity index (χ2v) is 5.66. The molecule has 1 aromatic rings. The van der Waals surface area contributed by atoms with E-state index in [1.54, 1.807) is 17.8 Å². The van der Waals surface area contributed by atoms with Crippen LogP contribution in [0.15, 0.2) is 18.2 Å². The monoisotopic (exact) mass is 312 g/mol. The van der Waals surface area contributed by atoms with Gasteiger partial charge in [-0.15, -0.1) is 0 Å². The normalized spacial score (nSPS) is 18.0. The highest BCUT2D eigenvalue weighted by atomic mass is 32.2. The molecule has 2 rings (SSSR count). The van der Waals surface area contributed by atoms with Crippen LogP contribution in [-0.4, -0.2) is 42.0 Å². The minimum atomic E-state index is -0.513. The number of carbonyl (C=O) groups is 2. The van der Waals surface area contributed by atoms with Crippen LogP contribution in [0.2, 0.25) is 0 Å². The number of carbonyl (C=O) groups excluding carboxylic acids is 2.